The first kappa shape index (κ1) is 50.2. The van der Waals surface area contributed by atoms with Crippen LogP contribution in [0.2, 0.25) is 12.6 Å². The largest absolute Gasteiger partial charge is 1.00 e. The molecule has 66 heavy (non-hydrogen) atoms. The smallest absolute Gasteiger partial charge is 1.00 e. The Morgan fingerprint density at radius 1 is 0.515 bits per heavy atom. The van der Waals surface area contributed by atoms with E-state index in [0.29, 0.717) is 11.8 Å². The number of hydrogen-bond donors (Lipinski definition) is 0. The molecule has 6 aromatic carbocycles. The van der Waals surface area contributed by atoms with Crippen molar-refractivity contribution in [2.75, 3.05) is 0 Å². The maximum absolute atomic E-state index is 2.52. The van der Waals surface area contributed by atoms with E-state index in [0.717, 1.165) is 59.2 Å². The summed E-state index contributed by atoms with van der Waals surface area (Å²) in [6, 6.07) is 43.7. The second-order valence-corrected chi connectivity index (χ2v) is 31.4. The van der Waals surface area contributed by atoms with Crippen LogP contribution in [0.1, 0.15) is 139 Å². The number of rotatable bonds is 10. The van der Waals surface area contributed by atoms with Crippen molar-refractivity contribution in [3.63, 3.8) is 0 Å². The van der Waals surface area contributed by atoms with Gasteiger partial charge in [-0.25, -0.2) is 0 Å². The Balaban J connectivity index is 0.000000156. The van der Waals surface area contributed by atoms with Crippen molar-refractivity contribution in [2.45, 2.75) is 143 Å². The topological polar surface area (TPSA) is 0 Å². The fourth-order valence-corrected chi connectivity index (χ4v) is 17.7. The molecule has 0 aromatic heterocycles. The van der Waals surface area contributed by atoms with Crippen molar-refractivity contribution in [1.82, 2.24) is 0 Å². The van der Waals surface area contributed by atoms with Gasteiger partial charge in [-0.3, -0.25) is 0 Å². The third-order valence-electron chi connectivity index (χ3n) is 17.8. The molecule has 6 aromatic rings. The Kier molecular flexibility index (Phi) is 16.6. The predicted molar refractivity (Wildman–Crippen MR) is 273 cm³/mol. The summed E-state index contributed by atoms with van der Waals surface area (Å²) in [6.45, 7) is 13.7. The molecular formula is C62H76Cl2SiZr-2. The summed E-state index contributed by atoms with van der Waals surface area (Å²) in [5.41, 5.74) is 11.7. The molecule has 0 amide bonds. The second kappa shape index (κ2) is 21.8. The first-order chi connectivity index (χ1) is 31.0. The van der Waals surface area contributed by atoms with E-state index in [4.69, 9.17) is 0 Å². The Labute approximate surface area is 427 Å². The Morgan fingerprint density at radius 3 is 1.15 bits per heavy atom. The van der Waals surface area contributed by atoms with E-state index >= 15 is 0 Å². The summed E-state index contributed by atoms with van der Waals surface area (Å²) in [7, 11) is 0. The standard InChI is InChI=1S/2C29H33.C4H10Si.2ClH.Zr/c2*1-18(2)22-6-8-23(9-7-22)27-5-3-4-24-11-21(17-29(24)27)16-28-25-12-19-10-20(14-25)15-26(28)13-19;1-3-4-5-2;;;/h2*3-9,11,17-20,25-26,28H,10,12-16H2,1-2H3;3-4H2,1-2H3;2*1H;/q2*-1;;;;+2/p-2. The van der Waals surface area contributed by atoms with E-state index in [1.165, 1.54) is 132 Å². The summed E-state index contributed by atoms with van der Waals surface area (Å²) in [5, 5.41) is 5.75. The van der Waals surface area contributed by atoms with Gasteiger partial charge in [0, 0.05) is 0 Å². The first-order valence-corrected chi connectivity index (χ1v) is 32.1. The molecule has 0 N–H and O–H groups in total. The monoisotopic (exact) mass is 1010 g/mol. The van der Waals surface area contributed by atoms with Crippen LogP contribution >= 0.6 is 0 Å². The summed E-state index contributed by atoms with van der Waals surface area (Å²) >= 11 is 1.79. The summed E-state index contributed by atoms with van der Waals surface area (Å²) < 4.78 is 0. The van der Waals surface area contributed by atoms with Crippen LogP contribution in [-0.2, 0) is 36.2 Å². The minimum Gasteiger partial charge on any atom is -1.00 e. The van der Waals surface area contributed by atoms with Gasteiger partial charge in [0.1, 0.15) is 0 Å². The van der Waals surface area contributed by atoms with Gasteiger partial charge in [0.2, 0.25) is 0 Å². The zero-order chi connectivity index (χ0) is 44.1. The van der Waals surface area contributed by atoms with Crippen molar-refractivity contribution < 1.29 is 48.1 Å². The van der Waals surface area contributed by atoms with Crippen molar-refractivity contribution in [2.24, 2.45) is 59.2 Å². The van der Waals surface area contributed by atoms with Crippen LogP contribution in [0.3, 0.4) is 0 Å². The Hall–Kier alpha value is -2.22. The van der Waals surface area contributed by atoms with Crippen molar-refractivity contribution in [3.05, 3.63) is 131 Å². The van der Waals surface area contributed by atoms with E-state index in [2.05, 4.69) is 150 Å². The molecule has 8 aliphatic carbocycles. The van der Waals surface area contributed by atoms with Crippen LogP contribution < -0.4 is 24.8 Å². The number of hydrogen-bond acceptors (Lipinski definition) is 0. The molecular weight excluding hydrogens is 935 g/mol. The Morgan fingerprint density at radius 2 is 0.864 bits per heavy atom. The van der Waals surface area contributed by atoms with Gasteiger partial charge < -0.3 is 24.8 Å². The van der Waals surface area contributed by atoms with Gasteiger partial charge in [-0.2, -0.15) is 12.1 Å². The molecule has 0 nitrogen and oxygen atoms in total. The van der Waals surface area contributed by atoms with Crippen LogP contribution in [0.5, 0.6) is 0 Å². The SMILES string of the molecule is CC(C)c1ccc(-c2cccc3[cH-]c(CC4C5CC6CC(C5)CC4C6)cc23)cc1.CC(C)c1ccc(-c2cccc3[cH-]c(CC4C5CC6CC(C5)CC4C6)cc23)cc1.CCC[Si](C)=[Zr+2].[Cl-].[Cl-]. The van der Waals surface area contributed by atoms with Gasteiger partial charge >= 0.3 is 54.7 Å². The number of fused-ring (bicyclic) bond motifs is 2. The van der Waals surface area contributed by atoms with E-state index in [1.54, 1.807) is 47.3 Å². The van der Waals surface area contributed by atoms with Gasteiger partial charge in [-0.15, -0.1) is 69.1 Å². The van der Waals surface area contributed by atoms with Gasteiger partial charge in [-0.05, 0) is 170 Å². The maximum atomic E-state index is 2.52. The zero-order valence-corrected chi connectivity index (χ0v) is 45.9. The number of halogens is 2. The summed E-state index contributed by atoms with van der Waals surface area (Å²) in [6.07, 6.45) is 19.4. The third kappa shape index (κ3) is 10.9. The van der Waals surface area contributed by atoms with Crippen LogP contribution in [0.4, 0.5) is 0 Å². The molecule has 8 saturated carbocycles. The molecule has 8 fully saturated rings. The van der Waals surface area contributed by atoms with Crippen LogP contribution in [0, 0.1) is 59.2 Å². The van der Waals surface area contributed by atoms with Crippen LogP contribution in [0.25, 0.3) is 43.8 Å². The maximum Gasteiger partial charge on any atom is -1.00 e. The third-order valence-corrected chi connectivity index (χ3v) is 20.9. The van der Waals surface area contributed by atoms with Crippen LogP contribution in [0.15, 0.2) is 109 Å². The summed E-state index contributed by atoms with van der Waals surface area (Å²) in [4.78, 5) is 0. The molecule has 0 aliphatic heterocycles. The minimum atomic E-state index is 0. The molecule has 0 saturated heterocycles. The fourth-order valence-electron chi connectivity index (χ4n) is 15.1. The van der Waals surface area contributed by atoms with Gasteiger partial charge in [-0.1, -0.05) is 99.5 Å². The van der Waals surface area contributed by atoms with Gasteiger partial charge in [0.05, 0.1) is 0 Å². The first-order valence-electron chi connectivity index (χ1n) is 26.2. The average Bonchev–Trinajstić information content (AvgIpc) is 3.90. The molecule has 0 heterocycles. The number of benzene rings is 4. The molecule has 8 bridgehead atoms. The quantitative estimate of drug-likeness (QED) is 0.0948. The van der Waals surface area contributed by atoms with E-state index < -0.39 is 0 Å². The van der Waals surface area contributed by atoms with Crippen molar-refractivity contribution >= 4 is 27.0 Å². The van der Waals surface area contributed by atoms with Gasteiger partial charge in [0.25, 0.3) is 0 Å². The molecule has 0 atom stereocenters. The molecule has 0 radical (unpaired) electrons. The zero-order valence-electron chi connectivity index (χ0n) is 41.0. The van der Waals surface area contributed by atoms with Crippen molar-refractivity contribution in [3.8, 4) is 22.3 Å². The average molecular weight is 1010 g/mol. The molecule has 0 spiro atoms. The van der Waals surface area contributed by atoms with Crippen molar-refractivity contribution in [1.29, 1.82) is 0 Å². The molecule has 0 unspecified atom stereocenters. The normalized spacial score (nSPS) is 27.6. The molecule has 8 aliphatic rings. The Bertz CT molecular complexity index is 2310. The van der Waals surface area contributed by atoms with Gasteiger partial charge in [0.15, 0.2) is 0 Å². The fraction of sp³-hybridized carbons (Fsp3) is 0.516. The van der Waals surface area contributed by atoms with E-state index in [1.807, 2.05) is 0 Å². The predicted octanol–water partition coefficient (Wildman–Crippen LogP) is 11.5. The van der Waals surface area contributed by atoms with E-state index in [-0.39, 0.29) is 30.2 Å². The van der Waals surface area contributed by atoms with Crippen LogP contribution in [-0.4, -0.2) is 5.43 Å². The van der Waals surface area contributed by atoms with E-state index in [9.17, 15) is 0 Å². The molecule has 348 valence electrons. The minimum absolute atomic E-state index is 0. The molecule has 14 rings (SSSR count). The molecule has 4 heteroatoms. The second-order valence-electron chi connectivity index (χ2n) is 23.0. The summed E-state index contributed by atoms with van der Waals surface area (Å²) in [5.74, 6) is 11.5.